The van der Waals surface area contributed by atoms with Gasteiger partial charge in [0.25, 0.3) is 0 Å². The van der Waals surface area contributed by atoms with Crippen LogP contribution < -0.4 is 14.8 Å². The zero-order chi connectivity index (χ0) is 19.6. The minimum Gasteiger partial charge on any atom is -0.486 e. The predicted octanol–water partition coefficient (Wildman–Crippen LogP) is 0.612. The first-order valence-electron chi connectivity index (χ1n) is 8.39. The van der Waals surface area contributed by atoms with Crippen LogP contribution in [0.4, 0.5) is 4.79 Å². The molecule has 142 valence electrons. The van der Waals surface area contributed by atoms with E-state index < -0.39 is 36.3 Å². The number of amides is 5. The first-order valence-corrected chi connectivity index (χ1v) is 8.39. The maximum atomic E-state index is 12.3. The number of hydrogen-bond acceptors (Lipinski definition) is 6. The molecule has 2 heterocycles. The molecule has 9 nitrogen and oxygen atoms in total. The second-order valence-electron chi connectivity index (χ2n) is 6.07. The minimum atomic E-state index is -1.02. The predicted molar refractivity (Wildman–Crippen MR) is 93.0 cm³/mol. The summed E-state index contributed by atoms with van der Waals surface area (Å²) >= 11 is 0. The second-order valence-corrected chi connectivity index (χ2v) is 6.07. The van der Waals surface area contributed by atoms with Crippen molar-refractivity contribution in [1.29, 1.82) is 0 Å². The summed E-state index contributed by atoms with van der Waals surface area (Å²) < 4.78 is 11.0. The zero-order valence-corrected chi connectivity index (χ0v) is 14.8. The largest absolute Gasteiger partial charge is 0.486 e. The maximum Gasteiger partial charge on any atom is 0.335 e. The molecule has 0 spiro atoms. The fourth-order valence-corrected chi connectivity index (χ4v) is 2.82. The highest BCUT2D eigenvalue weighted by Crippen LogP contribution is 2.32. The minimum absolute atomic E-state index is 0.0882. The van der Waals surface area contributed by atoms with E-state index in [4.69, 9.17) is 9.47 Å². The Morgan fingerprint density at radius 3 is 2.56 bits per heavy atom. The third kappa shape index (κ3) is 3.62. The van der Waals surface area contributed by atoms with Crippen molar-refractivity contribution >= 4 is 23.8 Å². The zero-order valence-electron chi connectivity index (χ0n) is 14.8. The lowest BCUT2D eigenvalue weighted by molar-refractivity contribution is -0.143. The molecule has 2 aliphatic heterocycles. The molecule has 1 fully saturated rings. The third-order valence-corrected chi connectivity index (χ3v) is 4.19. The Bertz CT molecular complexity index is 821. The third-order valence-electron chi connectivity index (χ3n) is 4.19. The lowest BCUT2D eigenvalue weighted by Gasteiger charge is -2.21. The second kappa shape index (κ2) is 7.48. The average Bonchev–Trinajstić information content (AvgIpc) is 2.86. The number of carbonyl (C=O) groups excluding carboxylic acids is 4. The van der Waals surface area contributed by atoms with Crippen LogP contribution in [-0.4, -0.2) is 59.9 Å². The lowest BCUT2D eigenvalue weighted by Crippen LogP contribution is -2.42. The van der Waals surface area contributed by atoms with Gasteiger partial charge in [0, 0.05) is 6.54 Å². The maximum absolute atomic E-state index is 12.3. The SMILES string of the molecule is C=CCN1C(=O)C(=O)N(CC(=O)N[C@H](C)c2ccc3c(c2)OCCO3)C1=O. The Balaban J connectivity index is 1.63. The standard InChI is InChI=1S/C18H19N3O6/c1-3-6-20-16(23)17(24)21(18(20)25)10-15(22)19-11(2)12-4-5-13-14(9-12)27-8-7-26-13/h3-5,9,11H,1,6-8,10H2,2H3,(H,19,22)/t11-/m1/s1. The van der Waals surface area contributed by atoms with Gasteiger partial charge in [0.15, 0.2) is 11.5 Å². The summed E-state index contributed by atoms with van der Waals surface area (Å²) in [5.74, 6) is -1.32. The highest BCUT2D eigenvalue weighted by atomic mass is 16.6. The van der Waals surface area contributed by atoms with Crippen LogP contribution in [0.1, 0.15) is 18.5 Å². The number of urea groups is 1. The lowest BCUT2D eigenvalue weighted by atomic mass is 10.1. The van der Waals surface area contributed by atoms with E-state index in [-0.39, 0.29) is 6.54 Å². The van der Waals surface area contributed by atoms with Crippen molar-refractivity contribution in [1.82, 2.24) is 15.1 Å². The normalized spacial score (nSPS) is 17.1. The Labute approximate surface area is 155 Å². The molecule has 1 aromatic carbocycles. The van der Waals surface area contributed by atoms with E-state index in [1.165, 1.54) is 6.08 Å². The number of fused-ring (bicyclic) bond motifs is 1. The van der Waals surface area contributed by atoms with Crippen LogP contribution >= 0.6 is 0 Å². The number of benzene rings is 1. The molecule has 1 aromatic rings. The summed E-state index contributed by atoms with van der Waals surface area (Å²) in [5, 5.41) is 2.70. The first-order chi connectivity index (χ1) is 12.9. The fraction of sp³-hybridized carbons (Fsp3) is 0.333. The quantitative estimate of drug-likeness (QED) is 0.445. The molecule has 0 aromatic heterocycles. The van der Waals surface area contributed by atoms with Gasteiger partial charge in [0.05, 0.1) is 6.04 Å². The number of hydrogen-bond donors (Lipinski definition) is 1. The molecule has 1 N–H and O–H groups in total. The van der Waals surface area contributed by atoms with E-state index in [9.17, 15) is 19.2 Å². The van der Waals surface area contributed by atoms with Crippen molar-refractivity contribution in [2.24, 2.45) is 0 Å². The number of rotatable bonds is 6. The molecular formula is C18H19N3O6. The molecule has 0 unspecified atom stereocenters. The van der Waals surface area contributed by atoms with Crippen molar-refractivity contribution in [2.45, 2.75) is 13.0 Å². The van der Waals surface area contributed by atoms with E-state index in [0.29, 0.717) is 29.6 Å². The molecule has 1 atom stereocenters. The highest BCUT2D eigenvalue weighted by molar-refractivity contribution is 6.45. The summed E-state index contributed by atoms with van der Waals surface area (Å²) in [7, 11) is 0. The molecule has 0 bridgehead atoms. The van der Waals surface area contributed by atoms with Gasteiger partial charge in [0.1, 0.15) is 19.8 Å². The summed E-state index contributed by atoms with van der Waals surface area (Å²) in [6, 6.07) is 4.08. The van der Waals surface area contributed by atoms with Gasteiger partial charge in [-0.05, 0) is 24.6 Å². The van der Waals surface area contributed by atoms with Crippen molar-refractivity contribution in [3.63, 3.8) is 0 Å². The van der Waals surface area contributed by atoms with Gasteiger partial charge in [0.2, 0.25) is 5.91 Å². The average molecular weight is 373 g/mol. The molecule has 0 aliphatic carbocycles. The highest BCUT2D eigenvalue weighted by Gasteiger charge is 2.44. The Hall–Kier alpha value is -3.36. The number of carbonyl (C=O) groups is 4. The molecule has 9 heteroatoms. The van der Waals surface area contributed by atoms with Crippen LogP contribution in [0.5, 0.6) is 11.5 Å². The van der Waals surface area contributed by atoms with E-state index in [1.54, 1.807) is 25.1 Å². The first kappa shape index (κ1) is 18.4. The number of nitrogens with zero attached hydrogens (tertiary/aromatic N) is 2. The van der Waals surface area contributed by atoms with Gasteiger partial charge >= 0.3 is 17.8 Å². The van der Waals surface area contributed by atoms with E-state index in [1.807, 2.05) is 0 Å². The van der Waals surface area contributed by atoms with Gasteiger partial charge < -0.3 is 14.8 Å². The smallest absolute Gasteiger partial charge is 0.335 e. The van der Waals surface area contributed by atoms with Gasteiger partial charge in [-0.3, -0.25) is 19.3 Å². The Kier molecular flexibility index (Phi) is 5.11. The van der Waals surface area contributed by atoms with Crippen LogP contribution in [0.3, 0.4) is 0 Å². The summed E-state index contributed by atoms with van der Waals surface area (Å²) in [4.78, 5) is 49.5. The number of imide groups is 2. The number of nitrogens with one attached hydrogen (secondary N) is 1. The molecule has 5 amide bonds. The topological polar surface area (TPSA) is 105 Å². The van der Waals surface area contributed by atoms with Crippen molar-refractivity contribution in [2.75, 3.05) is 26.3 Å². The Morgan fingerprint density at radius 2 is 1.85 bits per heavy atom. The molecule has 3 rings (SSSR count). The molecule has 2 aliphatic rings. The monoisotopic (exact) mass is 373 g/mol. The van der Waals surface area contributed by atoms with Crippen LogP contribution in [0.2, 0.25) is 0 Å². The van der Waals surface area contributed by atoms with Gasteiger partial charge in [-0.2, -0.15) is 0 Å². The van der Waals surface area contributed by atoms with Gasteiger partial charge in [-0.25, -0.2) is 9.69 Å². The molecule has 27 heavy (non-hydrogen) atoms. The van der Waals surface area contributed by atoms with Gasteiger partial charge in [-0.15, -0.1) is 6.58 Å². The summed E-state index contributed by atoms with van der Waals surface area (Å²) in [6.45, 7) is 5.50. The van der Waals surface area contributed by atoms with Crippen LogP contribution in [0.15, 0.2) is 30.9 Å². The van der Waals surface area contributed by atoms with Crippen molar-refractivity contribution in [3.8, 4) is 11.5 Å². The molecular weight excluding hydrogens is 354 g/mol. The van der Waals surface area contributed by atoms with Crippen LogP contribution in [0.25, 0.3) is 0 Å². The van der Waals surface area contributed by atoms with Crippen molar-refractivity contribution < 1.29 is 28.7 Å². The van der Waals surface area contributed by atoms with E-state index in [2.05, 4.69) is 11.9 Å². The summed E-state index contributed by atoms with van der Waals surface area (Å²) in [6.07, 6.45) is 1.33. The number of ether oxygens (including phenoxy) is 2. The van der Waals surface area contributed by atoms with Crippen molar-refractivity contribution in [3.05, 3.63) is 36.4 Å². The van der Waals surface area contributed by atoms with E-state index in [0.717, 1.165) is 10.5 Å². The van der Waals surface area contributed by atoms with Gasteiger partial charge in [-0.1, -0.05) is 12.1 Å². The fourth-order valence-electron chi connectivity index (χ4n) is 2.82. The van der Waals surface area contributed by atoms with Crippen LogP contribution in [0, 0.1) is 0 Å². The summed E-state index contributed by atoms with van der Waals surface area (Å²) in [5.41, 5.74) is 0.774. The van der Waals surface area contributed by atoms with Crippen LogP contribution in [-0.2, 0) is 14.4 Å². The molecule has 1 saturated heterocycles. The molecule has 0 radical (unpaired) electrons. The molecule has 0 saturated carbocycles. The Morgan fingerprint density at radius 1 is 1.19 bits per heavy atom. The van der Waals surface area contributed by atoms with E-state index >= 15 is 0 Å².